The summed E-state index contributed by atoms with van der Waals surface area (Å²) in [6.45, 7) is 1.77. The zero-order valence-corrected chi connectivity index (χ0v) is 16.5. The van der Waals surface area contributed by atoms with Gasteiger partial charge in [0.25, 0.3) is 0 Å². The highest BCUT2D eigenvalue weighted by Crippen LogP contribution is 2.33. The van der Waals surface area contributed by atoms with Gasteiger partial charge < -0.3 is 5.11 Å². The molecule has 146 valence electrons. The summed E-state index contributed by atoms with van der Waals surface area (Å²) in [5.74, 6) is -0.983. The summed E-state index contributed by atoms with van der Waals surface area (Å²) in [5, 5.41) is 19.7. The van der Waals surface area contributed by atoms with Gasteiger partial charge in [-0.3, -0.25) is 4.68 Å². The summed E-state index contributed by atoms with van der Waals surface area (Å²) in [7, 11) is -3.81. The molecule has 1 unspecified atom stereocenters. The molecule has 0 spiro atoms. The van der Waals surface area contributed by atoms with E-state index in [1.54, 1.807) is 37.4 Å². The molecule has 0 aliphatic heterocycles. The summed E-state index contributed by atoms with van der Waals surface area (Å²) in [6.07, 6.45) is 2.04. The van der Waals surface area contributed by atoms with Crippen LogP contribution < -0.4 is 5.14 Å². The van der Waals surface area contributed by atoms with E-state index in [1.165, 1.54) is 16.8 Å². The molecule has 0 amide bonds. The Bertz CT molecular complexity index is 1110. The van der Waals surface area contributed by atoms with Crippen LogP contribution in [-0.2, 0) is 14.8 Å². The zero-order valence-electron chi connectivity index (χ0n) is 14.9. The van der Waals surface area contributed by atoms with Gasteiger partial charge in [-0.25, -0.2) is 18.4 Å². The Morgan fingerprint density at radius 3 is 2.21 bits per heavy atom. The number of nitrogens with two attached hydrogens (primary N) is 1. The smallest absolute Gasteiger partial charge is 0.328 e. The SMILES string of the molecule is CCC(C(=O)O)n1cc(-c2ccc(Cl)cc2)c(-c2ccc(S(N)(=O)=O)cc2)n1. The van der Waals surface area contributed by atoms with Crippen LogP contribution in [0.5, 0.6) is 0 Å². The fourth-order valence-electron chi connectivity index (χ4n) is 2.88. The first-order chi connectivity index (χ1) is 13.2. The van der Waals surface area contributed by atoms with Crippen molar-refractivity contribution in [2.75, 3.05) is 0 Å². The number of hydrogen-bond acceptors (Lipinski definition) is 4. The molecule has 3 aromatic rings. The van der Waals surface area contributed by atoms with Gasteiger partial charge in [0.2, 0.25) is 10.0 Å². The average Bonchev–Trinajstić information content (AvgIpc) is 3.07. The van der Waals surface area contributed by atoms with E-state index < -0.39 is 22.0 Å². The Labute approximate surface area is 167 Å². The van der Waals surface area contributed by atoms with Gasteiger partial charge in [-0.1, -0.05) is 42.8 Å². The van der Waals surface area contributed by atoms with Crippen LogP contribution in [0.4, 0.5) is 0 Å². The number of halogens is 1. The molecule has 0 saturated carbocycles. The Kier molecular flexibility index (Phi) is 5.55. The lowest BCUT2D eigenvalue weighted by atomic mass is 10.0. The Balaban J connectivity index is 2.16. The maximum Gasteiger partial charge on any atom is 0.328 e. The molecule has 0 aliphatic rings. The molecule has 0 saturated heterocycles. The number of hydrogen-bond donors (Lipinski definition) is 2. The van der Waals surface area contributed by atoms with Crippen molar-refractivity contribution >= 4 is 27.6 Å². The van der Waals surface area contributed by atoms with E-state index in [1.807, 2.05) is 12.1 Å². The van der Waals surface area contributed by atoms with Crippen molar-refractivity contribution in [1.29, 1.82) is 0 Å². The van der Waals surface area contributed by atoms with E-state index in [0.717, 1.165) is 5.56 Å². The van der Waals surface area contributed by atoms with Gasteiger partial charge in [-0.05, 0) is 36.2 Å². The minimum Gasteiger partial charge on any atom is -0.480 e. The molecule has 0 aliphatic carbocycles. The topological polar surface area (TPSA) is 115 Å². The minimum atomic E-state index is -3.81. The maximum atomic E-state index is 11.6. The predicted octanol–water partition coefficient (Wildman–Crippen LogP) is 3.55. The monoisotopic (exact) mass is 419 g/mol. The molecule has 3 N–H and O–H groups in total. The summed E-state index contributed by atoms with van der Waals surface area (Å²) >= 11 is 5.97. The number of benzene rings is 2. The van der Waals surface area contributed by atoms with Crippen molar-refractivity contribution < 1.29 is 18.3 Å². The van der Waals surface area contributed by atoms with Crippen LogP contribution in [0.3, 0.4) is 0 Å². The van der Waals surface area contributed by atoms with E-state index in [2.05, 4.69) is 5.10 Å². The number of primary sulfonamides is 1. The number of rotatable bonds is 6. The third-order valence-corrected chi connectivity index (χ3v) is 5.52. The molecule has 1 atom stereocenters. The van der Waals surface area contributed by atoms with Crippen LogP contribution in [0.15, 0.2) is 59.6 Å². The number of carbonyl (C=O) groups is 1. The van der Waals surface area contributed by atoms with E-state index in [0.29, 0.717) is 28.3 Å². The number of carboxylic acids is 1. The molecule has 0 radical (unpaired) electrons. The highest BCUT2D eigenvalue weighted by Gasteiger charge is 2.22. The number of carboxylic acid groups (broad SMARTS) is 1. The molecule has 28 heavy (non-hydrogen) atoms. The molecule has 2 aromatic carbocycles. The molecule has 0 fully saturated rings. The van der Waals surface area contributed by atoms with E-state index in [-0.39, 0.29) is 4.90 Å². The Hall–Kier alpha value is -2.68. The van der Waals surface area contributed by atoms with Gasteiger partial charge in [-0.2, -0.15) is 5.10 Å². The van der Waals surface area contributed by atoms with Crippen LogP contribution in [0.1, 0.15) is 19.4 Å². The second-order valence-electron chi connectivity index (χ2n) is 6.21. The van der Waals surface area contributed by atoms with Crippen LogP contribution in [-0.4, -0.2) is 29.3 Å². The lowest BCUT2D eigenvalue weighted by molar-refractivity contribution is -0.141. The van der Waals surface area contributed by atoms with E-state index in [9.17, 15) is 18.3 Å². The lowest BCUT2D eigenvalue weighted by Gasteiger charge is -2.09. The van der Waals surface area contributed by atoms with Gasteiger partial charge in [0, 0.05) is 22.3 Å². The second-order valence-corrected chi connectivity index (χ2v) is 8.21. The van der Waals surface area contributed by atoms with Crippen LogP contribution >= 0.6 is 11.6 Å². The average molecular weight is 420 g/mol. The van der Waals surface area contributed by atoms with Crippen molar-refractivity contribution in [2.45, 2.75) is 24.3 Å². The fraction of sp³-hybridized carbons (Fsp3) is 0.158. The molecule has 0 bridgehead atoms. The number of sulfonamides is 1. The summed E-state index contributed by atoms with van der Waals surface area (Å²) in [6, 6.07) is 12.2. The molecular weight excluding hydrogens is 402 g/mol. The highest BCUT2D eigenvalue weighted by molar-refractivity contribution is 7.89. The third-order valence-electron chi connectivity index (χ3n) is 4.33. The molecular formula is C19H18ClN3O4S. The standard InChI is InChI=1S/C19H18ClN3O4S/c1-2-17(19(24)25)23-11-16(12-3-7-14(20)8-4-12)18(22-23)13-5-9-15(10-6-13)28(21,26)27/h3-11,17H,2H2,1H3,(H,24,25)(H2,21,26,27). The van der Waals surface area contributed by atoms with Crippen molar-refractivity contribution in [3.05, 3.63) is 59.8 Å². The summed E-state index contributed by atoms with van der Waals surface area (Å²) in [5.41, 5.74) is 2.68. The predicted molar refractivity (Wildman–Crippen MR) is 106 cm³/mol. The number of nitrogens with zero attached hydrogens (tertiary/aromatic N) is 2. The molecule has 1 aromatic heterocycles. The minimum absolute atomic E-state index is 0.0132. The number of aromatic nitrogens is 2. The van der Waals surface area contributed by atoms with Crippen molar-refractivity contribution in [3.8, 4) is 22.4 Å². The highest BCUT2D eigenvalue weighted by atomic mass is 35.5. The van der Waals surface area contributed by atoms with E-state index in [4.69, 9.17) is 16.7 Å². The fourth-order valence-corrected chi connectivity index (χ4v) is 3.52. The zero-order chi connectivity index (χ0) is 20.5. The molecule has 1 heterocycles. The van der Waals surface area contributed by atoms with Gasteiger partial charge in [-0.15, -0.1) is 0 Å². The van der Waals surface area contributed by atoms with Crippen molar-refractivity contribution in [1.82, 2.24) is 9.78 Å². The van der Waals surface area contributed by atoms with E-state index >= 15 is 0 Å². The first kappa shape index (κ1) is 20.1. The summed E-state index contributed by atoms with van der Waals surface area (Å²) in [4.78, 5) is 11.6. The quantitative estimate of drug-likeness (QED) is 0.633. The molecule has 7 nitrogen and oxygen atoms in total. The maximum absolute atomic E-state index is 11.6. The summed E-state index contributed by atoms with van der Waals surface area (Å²) < 4.78 is 24.4. The second kappa shape index (κ2) is 7.75. The normalized spacial score (nSPS) is 12.7. The van der Waals surface area contributed by atoms with Crippen LogP contribution in [0.25, 0.3) is 22.4 Å². The molecule has 9 heteroatoms. The largest absolute Gasteiger partial charge is 0.480 e. The van der Waals surface area contributed by atoms with Gasteiger partial charge in [0.05, 0.1) is 4.90 Å². The Morgan fingerprint density at radius 2 is 1.71 bits per heavy atom. The van der Waals surface area contributed by atoms with Gasteiger partial charge in [0.15, 0.2) is 0 Å². The van der Waals surface area contributed by atoms with Crippen molar-refractivity contribution in [2.24, 2.45) is 5.14 Å². The van der Waals surface area contributed by atoms with Gasteiger partial charge >= 0.3 is 5.97 Å². The van der Waals surface area contributed by atoms with Crippen molar-refractivity contribution in [3.63, 3.8) is 0 Å². The first-order valence-electron chi connectivity index (χ1n) is 8.42. The third kappa shape index (κ3) is 4.09. The number of aliphatic carboxylic acids is 1. The lowest BCUT2D eigenvalue weighted by Crippen LogP contribution is -2.18. The van der Waals surface area contributed by atoms with Gasteiger partial charge in [0.1, 0.15) is 11.7 Å². The van der Waals surface area contributed by atoms with Crippen LogP contribution in [0.2, 0.25) is 5.02 Å². The Morgan fingerprint density at radius 1 is 1.14 bits per heavy atom. The molecule has 3 rings (SSSR count). The first-order valence-corrected chi connectivity index (χ1v) is 10.3. The van der Waals surface area contributed by atoms with Crippen LogP contribution in [0, 0.1) is 0 Å².